The summed E-state index contributed by atoms with van der Waals surface area (Å²) in [5, 5.41) is 1.06. The van der Waals surface area contributed by atoms with Crippen molar-refractivity contribution in [1.82, 2.24) is 14.9 Å². The number of nitrogens with one attached hydrogen (secondary N) is 1. The zero-order chi connectivity index (χ0) is 25.1. The molecular weight excluding hydrogens is 446 g/mol. The number of anilines is 1. The Hall–Kier alpha value is -4.06. The van der Waals surface area contributed by atoms with E-state index in [-0.39, 0.29) is 0 Å². The first-order chi connectivity index (χ1) is 17.3. The number of aromatic nitrogens is 2. The third kappa shape index (κ3) is 3.56. The number of hydrogen-bond donors (Lipinski definition) is 2. The summed E-state index contributed by atoms with van der Waals surface area (Å²) >= 11 is 0. The number of nitrogens with two attached hydrogens (primary N) is 1. The fourth-order valence-electron chi connectivity index (χ4n) is 5.94. The molecule has 0 spiro atoms. The van der Waals surface area contributed by atoms with Gasteiger partial charge in [-0.25, -0.2) is 4.98 Å². The van der Waals surface area contributed by atoms with E-state index in [1.54, 1.807) is 5.57 Å². The van der Waals surface area contributed by atoms with E-state index in [0.717, 1.165) is 64.0 Å². The molecule has 1 fully saturated rings. The lowest BCUT2D eigenvalue weighted by atomic mass is 9.93. The summed E-state index contributed by atoms with van der Waals surface area (Å²) in [6.07, 6.45) is 6.25. The second-order valence-electron chi connectivity index (χ2n) is 10.3. The Morgan fingerprint density at radius 2 is 1.86 bits per heavy atom. The van der Waals surface area contributed by atoms with Crippen LogP contribution >= 0.6 is 0 Å². The van der Waals surface area contributed by atoms with Gasteiger partial charge in [0.2, 0.25) is 5.91 Å². The van der Waals surface area contributed by atoms with Crippen LogP contribution in [0.15, 0.2) is 60.6 Å². The van der Waals surface area contributed by atoms with E-state index >= 15 is 0 Å². The van der Waals surface area contributed by atoms with E-state index in [0.29, 0.717) is 11.5 Å². The standard InChI is InChI=1S/C30H31N5O/c1-17-9-20(5-8-28(17)35-15-22-13-34(4)14-23(22)16-35)21-10-26-27(12-33-30(26)32-11-21)24-6-7-25(29(31)36)19(3)18(24)2/h5-13,23H,14-16H2,1-4H3,(H2,31,36)(H,32,33). The van der Waals surface area contributed by atoms with Crippen LogP contribution in [0.3, 0.4) is 0 Å². The number of pyridine rings is 1. The van der Waals surface area contributed by atoms with Crippen LogP contribution in [0.5, 0.6) is 0 Å². The molecule has 182 valence electrons. The number of aryl methyl sites for hydroxylation is 1. The minimum atomic E-state index is -0.398. The van der Waals surface area contributed by atoms with Gasteiger partial charge in [0.15, 0.2) is 0 Å². The number of hydrogen-bond acceptors (Lipinski definition) is 4. The summed E-state index contributed by atoms with van der Waals surface area (Å²) in [4.78, 5) is 24.6. The molecule has 1 unspecified atom stereocenters. The predicted octanol–water partition coefficient (Wildman–Crippen LogP) is 5.19. The van der Waals surface area contributed by atoms with Gasteiger partial charge >= 0.3 is 0 Å². The highest BCUT2D eigenvalue weighted by molar-refractivity contribution is 5.99. The molecule has 1 saturated heterocycles. The van der Waals surface area contributed by atoms with Gasteiger partial charge in [-0.2, -0.15) is 0 Å². The fourth-order valence-corrected chi connectivity index (χ4v) is 5.94. The largest absolute Gasteiger partial charge is 0.380 e. The minimum absolute atomic E-state index is 0.398. The number of H-pyrrole nitrogens is 1. The van der Waals surface area contributed by atoms with Crippen molar-refractivity contribution in [2.45, 2.75) is 20.8 Å². The first-order valence-corrected chi connectivity index (χ1v) is 12.4. The molecular formula is C30H31N5O. The van der Waals surface area contributed by atoms with Gasteiger partial charge in [0.25, 0.3) is 0 Å². The molecule has 3 N–H and O–H groups in total. The van der Waals surface area contributed by atoms with Crippen molar-refractivity contribution in [3.05, 3.63) is 82.8 Å². The summed E-state index contributed by atoms with van der Waals surface area (Å²) < 4.78 is 0. The van der Waals surface area contributed by atoms with Crippen molar-refractivity contribution in [2.24, 2.45) is 11.7 Å². The Kier molecular flexibility index (Phi) is 5.14. The predicted molar refractivity (Wildman–Crippen MR) is 146 cm³/mol. The second-order valence-corrected chi connectivity index (χ2v) is 10.3. The summed E-state index contributed by atoms with van der Waals surface area (Å²) in [6.45, 7) is 9.41. The number of benzene rings is 2. The molecule has 2 aromatic carbocycles. The molecule has 2 aliphatic rings. The Balaban J connectivity index is 1.35. The van der Waals surface area contributed by atoms with Crippen molar-refractivity contribution in [3.8, 4) is 22.3 Å². The molecule has 0 saturated carbocycles. The molecule has 4 aromatic rings. The Labute approximate surface area is 211 Å². The maximum absolute atomic E-state index is 11.8. The highest BCUT2D eigenvalue weighted by Crippen LogP contribution is 2.37. The van der Waals surface area contributed by atoms with Crippen molar-refractivity contribution in [3.63, 3.8) is 0 Å². The highest BCUT2D eigenvalue weighted by Gasteiger charge is 2.32. The molecule has 2 aliphatic heterocycles. The number of fused-ring (bicyclic) bond motifs is 2. The minimum Gasteiger partial charge on any atom is -0.380 e. The van der Waals surface area contributed by atoms with E-state index in [1.807, 2.05) is 38.4 Å². The number of carbonyl (C=O) groups excluding carboxylic acids is 1. The van der Waals surface area contributed by atoms with Crippen LogP contribution in [0.4, 0.5) is 5.69 Å². The zero-order valence-electron chi connectivity index (χ0n) is 21.2. The number of primary amides is 1. The van der Waals surface area contributed by atoms with Crippen LogP contribution in [-0.2, 0) is 0 Å². The van der Waals surface area contributed by atoms with Gasteiger partial charge in [-0.05, 0) is 78.4 Å². The third-order valence-corrected chi connectivity index (χ3v) is 7.98. The van der Waals surface area contributed by atoms with Crippen molar-refractivity contribution < 1.29 is 4.79 Å². The molecule has 0 bridgehead atoms. The van der Waals surface area contributed by atoms with Crippen LogP contribution in [0.25, 0.3) is 33.3 Å². The highest BCUT2D eigenvalue weighted by atomic mass is 16.1. The Bertz CT molecular complexity index is 1560. The van der Waals surface area contributed by atoms with E-state index in [2.05, 4.69) is 59.2 Å². The van der Waals surface area contributed by atoms with Crippen molar-refractivity contribution in [2.75, 3.05) is 31.6 Å². The average molecular weight is 478 g/mol. The lowest BCUT2D eigenvalue weighted by Crippen LogP contribution is -2.24. The molecule has 6 rings (SSSR count). The molecule has 1 amide bonds. The Morgan fingerprint density at radius 1 is 1.03 bits per heavy atom. The molecule has 2 aromatic heterocycles. The first-order valence-electron chi connectivity index (χ1n) is 12.4. The number of carbonyl (C=O) groups is 1. The van der Waals surface area contributed by atoms with E-state index in [9.17, 15) is 4.79 Å². The number of aromatic amines is 1. The summed E-state index contributed by atoms with van der Waals surface area (Å²) in [6, 6.07) is 12.8. The van der Waals surface area contributed by atoms with Gasteiger partial charge in [0, 0.05) is 79.0 Å². The number of amides is 1. The molecule has 6 heteroatoms. The fraction of sp³-hybridized carbons (Fsp3) is 0.267. The smallest absolute Gasteiger partial charge is 0.248 e. The van der Waals surface area contributed by atoms with Gasteiger partial charge in [-0.15, -0.1) is 0 Å². The van der Waals surface area contributed by atoms with E-state index in [4.69, 9.17) is 10.7 Å². The van der Waals surface area contributed by atoms with Crippen LogP contribution in [-0.4, -0.2) is 47.5 Å². The average Bonchev–Trinajstić information content (AvgIpc) is 3.53. The second kappa shape index (κ2) is 8.26. The topological polar surface area (TPSA) is 78.2 Å². The van der Waals surface area contributed by atoms with Gasteiger partial charge in [-0.1, -0.05) is 12.1 Å². The molecule has 6 nitrogen and oxygen atoms in total. The van der Waals surface area contributed by atoms with Crippen LogP contribution in [0.2, 0.25) is 0 Å². The third-order valence-electron chi connectivity index (χ3n) is 7.98. The molecule has 4 heterocycles. The SMILES string of the molecule is Cc1cc(-c2cnc3[nH]cc(-c4ccc(C(N)=O)c(C)c4C)c3c2)ccc1N1CC2=CN(C)CC2C1. The molecule has 0 aliphatic carbocycles. The van der Waals surface area contributed by atoms with Gasteiger partial charge in [0.1, 0.15) is 5.65 Å². The summed E-state index contributed by atoms with van der Waals surface area (Å²) in [7, 11) is 2.16. The van der Waals surface area contributed by atoms with Gasteiger partial charge in [-0.3, -0.25) is 4.79 Å². The quantitative estimate of drug-likeness (QED) is 0.424. The summed E-state index contributed by atoms with van der Waals surface area (Å²) in [5.41, 5.74) is 17.5. The normalized spacial score (nSPS) is 17.1. The zero-order valence-corrected chi connectivity index (χ0v) is 21.2. The maximum atomic E-state index is 11.8. The van der Waals surface area contributed by atoms with E-state index in [1.165, 1.54) is 11.3 Å². The lowest BCUT2D eigenvalue weighted by molar-refractivity contribution is 0.0999. The molecule has 36 heavy (non-hydrogen) atoms. The molecule has 1 atom stereocenters. The van der Waals surface area contributed by atoms with Crippen LogP contribution in [0.1, 0.15) is 27.0 Å². The van der Waals surface area contributed by atoms with E-state index < -0.39 is 5.91 Å². The Morgan fingerprint density at radius 3 is 2.61 bits per heavy atom. The van der Waals surface area contributed by atoms with Crippen LogP contribution < -0.4 is 10.6 Å². The first kappa shape index (κ1) is 22.4. The number of rotatable bonds is 4. The monoisotopic (exact) mass is 477 g/mol. The molecule has 0 radical (unpaired) electrons. The van der Waals surface area contributed by atoms with Crippen LogP contribution in [0, 0.1) is 26.7 Å². The van der Waals surface area contributed by atoms with Gasteiger partial charge < -0.3 is 20.5 Å². The van der Waals surface area contributed by atoms with Crippen molar-refractivity contribution >= 4 is 22.6 Å². The maximum Gasteiger partial charge on any atom is 0.248 e. The summed E-state index contributed by atoms with van der Waals surface area (Å²) in [5.74, 6) is 0.252. The number of nitrogens with zero attached hydrogens (tertiary/aromatic N) is 3. The van der Waals surface area contributed by atoms with Crippen molar-refractivity contribution in [1.29, 1.82) is 0 Å². The lowest BCUT2D eigenvalue weighted by Gasteiger charge is -2.22. The van der Waals surface area contributed by atoms with Gasteiger partial charge in [0.05, 0.1) is 0 Å².